The lowest BCUT2D eigenvalue weighted by atomic mass is 9.88. The van der Waals surface area contributed by atoms with Gasteiger partial charge in [0.1, 0.15) is 0 Å². The minimum Gasteiger partial charge on any atom is -0.479 e. The molecule has 5 nitrogen and oxygen atoms in total. The van der Waals surface area contributed by atoms with Gasteiger partial charge in [-0.25, -0.2) is 4.79 Å². The van der Waals surface area contributed by atoms with E-state index < -0.39 is 12.1 Å². The highest BCUT2D eigenvalue weighted by Gasteiger charge is 2.32. The summed E-state index contributed by atoms with van der Waals surface area (Å²) in [6, 6.07) is 0. The highest BCUT2D eigenvalue weighted by atomic mass is 32.1. The number of morpholine rings is 1. The number of nitrogens with zero attached hydrogens (tertiary/aromatic N) is 1. The monoisotopic (exact) mass is 309 g/mol. The van der Waals surface area contributed by atoms with Gasteiger partial charge >= 0.3 is 5.97 Å². The molecule has 1 N–H and O–H groups in total. The van der Waals surface area contributed by atoms with Crippen LogP contribution in [0.15, 0.2) is 5.38 Å². The molecule has 0 radical (unpaired) electrons. The van der Waals surface area contributed by atoms with Crippen molar-refractivity contribution in [3.8, 4) is 0 Å². The Balaban J connectivity index is 1.78. The van der Waals surface area contributed by atoms with Crippen LogP contribution in [0, 0.1) is 5.92 Å². The quantitative estimate of drug-likeness (QED) is 0.904. The highest BCUT2D eigenvalue weighted by molar-refractivity contribution is 7.10. The summed E-state index contributed by atoms with van der Waals surface area (Å²) in [5, 5.41) is 11.0. The van der Waals surface area contributed by atoms with Gasteiger partial charge in [-0.3, -0.25) is 4.79 Å². The molecule has 0 bridgehead atoms. The largest absolute Gasteiger partial charge is 0.479 e. The first kappa shape index (κ1) is 14.5. The zero-order chi connectivity index (χ0) is 15.0. The van der Waals surface area contributed by atoms with E-state index in [4.69, 9.17) is 9.84 Å². The first-order chi connectivity index (χ1) is 10.1. The Bertz CT molecular complexity index is 568. The molecule has 114 valence electrons. The van der Waals surface area contributed by atoms with E-state index in [2.05, 4.69) is 6.92 Å². The Hall–Kier alpha value is -1.40. The molecule has 21 heavy (non-hydrogen) atoms. The molecule has 3 rings (SSSR count). The maximum atomic E-state index is 12.7. The summed E-state index contributed by atoms with van der Waals surface area (Å²) < 4.78 is 5.17. The molecule has 0 aromatic carbocycles. The number of carbonyl (C=O) groups excluding carboxylic acids is 1. The first-order valence-corrected chi connectivity index (χ1v) is 8.17. The predicted molar refractivity (Wildman–Crippen MR) is 78.8 cm³/mol. The fourth-order valence-corrected chi connectivity index (χ4v) is 4.25. The van der Waals surface area contributed by atoms with Crippen molar-refractivity contribution in [2.75, 3.05) is 19.7 Å². The number of hydrogen-bond acceptors (Lipinski definition) is 4. The molecule has 2 heterocycles. The van der Waals surface area contributed by atoms with Crippen molar-refractivity contribution in [3.05, 3.63) is 21.4 Å². The molecule has 1 amide bonds. The van der Waals surface area contributed by atoms with Crippen LogP contribution in [-0.4, -0.2) is 47.7 Å². The van der Waals surface area contributed by atoms with E-state index in [1.807, 2.05) is 5.38 Å². The second-order valence-corrected chi connectivity index (χ2v) is 6.81. The van der Waals surface area contributed by atoms with Crippen molar-refractivity contribution >= 4 is 23.2 Å². The minimum atomic E-state index is -1.01. The van der Waals surface area contributed by atoms with Crippen LogP contribution in [0.2, 0.25) is 0 Å². The fourth-order valence-electron chi connectivity index (χ4n) is 3.01. The second kappa shape index (κ2) is 5.77. The average Bonchev–Trinajstić information content (AvgIpc) is 2.89. The molecule has 1 aromatic rings. The zero-order valence-corrected chi connectivity index (χ0v) is 12.8. The van der Waals surface area contributed by atoms with Crippen LogP contribution in [0.1, 0.15) is 34.1 Å². The van der Waals surface area contributed by atoms with E-state index in [-0.39, 0.29) is 19.1 Å². The lowest BCUT2D eigenvalue weighted by Crippen LogP contribution is -2.48. The van der Waals surface area contributed by atoms with Crippen molar-refractivity contribution in [2.24, 2.45) is 5.92 Å². The summed E-state index contributed by atoms with van der Waals surface area (Å²) in [6.07, 6.45) is 2.21. The number of ether oxygens (including phenoxy) is 1. The maximum absolute atomic E-state index is 12.7. The average molecular weight is 309 g/mol. The smallest absolute Gasteiger partial charge is 0.334 e. The number of carbonyl (C=O) groups is 2. The van der Waals surface area contributed by atoms with Crippen LogP contribution in [-0.2, 0) is 22.4 Å². The van der Waals surface area contributed by atoms with Gasteiger partial charge < -0.3 is 14.7 Å². The third-order valence-corrected chi connectivity index (χ3v) is 5.31. The SMILES string of the molecule is C[C@H]1CCc2c(C(=O)N3CCO[C@H](C(=O)O)C3)csc2C1. The summed E-state index contributed by atoms with van der Waals surface area (Å²) in [6.45, 7) is 3.12. The Kier molecular flexibility index (Phi) is 3.99. The Morgan fingerprint density at radius 2 is 2.29 bits per heavy atom. The number of fused-ring (bicyclic) bond motifs is 1. The van der Waals surface area contributed by atoms with Gasteiger partial charge in [0.2, 0.25) is 0 Å². The molecule has 1 fully saturated rings. The van der Waals surface area contributed by atoms with Crippen LogP contribution in [0.5, 0.6) is 0 Å². The number of hydrogen-bond donors (Lipinski definition) is 1. The Morgan fingerprint density at radius 1 is 1.48 bits per heavy atom. The fraction of sp³-hybridized carbons (Fsp3) is 0.600. The second-order valence-electron chi connectivity index (χ2n) is 5.85. The zero-order valence-electron chi connectivity index (χ0n) is 12.0. The van der Waals surface area contributed by atoms with E-state index >= 15 is 0 Å². The van der Waals surface area contributed by atoms with Gasteiger partial charge in [0.25, 0.3) is 5.91 Å². The molecule has 6 heteroatoms. The Labute approximate surface area is 127 Å². The van der Waals surface area contributed by atoms with E-state index in [1.54, 1.807) is 16.2 Å². The number of carboxylic acids is 1. The summed E-state index contributed by atoms with van der Waals surface area (Å²) in [5.74, 6) is -0.371. The number of rotatable bonds is 2. The van der Waals surface area contributed by atoms with Gasteiger partial charge in [-0.2, -0.15) is 0 Å². The van der Waals surface area contributed by atoms with E-state index in [0.29, 0.717) is 12.5 Å². The van der Waals surface area contributed by atoms with Gasteiger partial charge in [-0.05, 0) is 30.7 Å². The van der Waals surface area contributed by atoms with Gasteiger partial charge in [-0.1, -0.05) is 6.92 Å². The van der Waals surface area contributed by atoms with Crippen molar-refractivity contribution in [2.45, 2.75) is 32.3 Å². The first-order valence-electron chi connectivity index (χ1n) is 7.29. The summed E-state index contributed by atoms with van der Waals surface area (Å²) in [5.41, 5.74) is 1.95. The number of carboxylic acid groups (broad SMARTS) is 1. The van der Waals surface area contributed by atoms with Crippen LogP contribution < -0.4 is 0 Å². The van der Waals surface area contributed by atoms with Crippen LogP contribution in [0.4, 0.5) is 0 Å². The van der Waals surface area contributed by atoms with Gasteiger partial charge in [-0.15, -0.1) is 11.3 Å². The van der Waals surface area contributed by atoms with Gasteiger partial charge in [0.05, 0.1) is 18.7 Å². The van der Waals surface area contributed by atoms with E-state index in [0.717, 1.165) is 24.8 Å². The van der Waals surface area contributed by atoms with Gasteiger partial charge in [0.15, 0.2) is 6.10 Å². The molecule has 0 spiro atoms. The minimum absolute atomic E-state index is 0.0448. The van der Waals surface area contributed by atoms with Crippen LogP contribution >= 0.6 is 11.3 Å². The molecule has 2 atom stereocenters. The number of aliphatic carboxylic acids is 1. The molecule has 0 unspecified atom stereocenters. The van der Waals surface area contributed by atoms with E-state index in [9.17, 15) is 9.59 Å². The summed E-state index contributed by atoms with van der Waals surface area (Å²) >= 11 is 1.66. The molecular weight excluding hydrogens is 290 g/mol. The molecule has 2 aliphatic rings. The lowest BCUT2D eigenvalue weighted by Gasteiger charge is -2.31. The molecule has 1 aliphatic heterocycles. The van der Waals surface area contributed by atoms with Crippen LogP contribution in [0.3, 0.4) is 0 Å². The predicted octanol–water partition coefficient (Wildman–Crippen LogP) is 1.80. The maximum Gasteiger partial charge on any atom is 0.334 e. The molecule has 0 saturated carbocycles. The molecule has 1 aromatic heterocycles. The summed E-state index contributed by atoms with van der Waals surface area (Å²) in [4.78, 5) is 26.6. The number of amides is 1. The topological polar surface area (TPSA) is 66.8 Å². The van der Waals surface area contributed by atoms with Crippen LogP contribution in [0.25, 0.3) is 0 Å². The third-order valence-electron chi connectivity index (χ3n) is 4.26. The summed E-state index contributed by atoms with van der Waals surface area (Å²) in [7, 11) is 0. The molecule has 1 aliphatic carbocycles. The third kappa shape index (κ3) is 2.82. The van der Waals surface area contributed by atoms with Crippen molar-refractivity contribution in [1.82, 2.24) is 4.90 Å². The van der Waals surface area contributed by atoms with Gasteiger partial charge in [0, 0.05) is 16.8 Å². The van der Waals surface area contributed by atoms with Crippen molar-refractivity contribution < 1.29 is 19.4 Å². The normalized spacial score (nSPS) is 25.5. The highest BCUT2D eigenvalue weighted by Crippen LogP contribution is 2.33. The number of thiophene rings is 1. The van der Waals surface area contributed by atoms with Crippen molar-refractivity contribution in [3.63, 3.8) is 0 Å². The Morgan fingerprint density at radius 3 is 3.05 bits per heavy atom. The van der Waals surface area contributed by atoms with E-state index in [1.165, 1.54) is 10.4 Å². The lowest BCUT2D eigenvalue weighted by molar-refractivity contribution is -0.154. The molecule has 1 saturated heterocycles. The molecular formula is C15H19NO4S. The van der Waals surface area contributed by atoms with Crippen molar-refractivity contribution in [1.29, 1.82) is 0 Å². The standard InChI is InChI=1S/C15H19NO4S/c1-9-2-3-10-11(8-21-13(10)6-9)14(17)16-4-5-20-12(7-16)15(18)19/h8-9,12H,2-7H2,1H3,(H,18,19)/t9-,12-/m0/s1.